The second-order valence-electron chi connectivity index (χ2n) is 2.56. The van der Waals surface area contributed by atoms with Crippen LogP contribution in [-0.2, 0) is 37.4 Å². The third kappa shape index (κ3) is 6.13. The average molecular weight is 290 g/mol. The lowest BCUT2D eigenvalue weighted by Gasteiger charge is -2.14. The van der Waals surface area contributed by atoms with Gasteiger partial charge in [-0.2, -0.15) is 8.42 Å². The van der Waals surface area contributed by atoms with Gasteiger partial charge in [-0.05, 0) is 13.8 Å². The van der Waals surface area contributed by atoms with E-state index >= 15 is 0 Å². The summed E-state index contributed by atoms with van der Waals surface area (Å²) in [7, 11) is -6.61. The molecule has 0 N–H and O–H groups in total. The maximum atomic E-state index is 11.5. The van der Waals surface area contributed by atoms with E-state index in [2.05, 4.69) is 17.6 Å². The van der Waals surface area contributed by atoms with Crippen molar-refractivity contribution in [1.82, 2.24) is 0 Å². The lowest BCUT2D eigenvalue weighted by molar-refractivity contribution is -0.147. The molecule has 0 radical (unpaired) electrons. The molecule has 0 aromatic carbocycles. The van der Waals surface area contributed by atoms with Crippen molar-refractivity contribution in [2.75, 3.05) is 20.3 Å². The van der Waals surface area contributed by atoms with Crippen LogP contribution in [0.4, 0.5) is 0 Å². The summed E-state index contributed by atoms with van der Waals surface area (Å²) in [6, 6.07) is 0. The van der Waals surface area contributed by atoms with Gasteiger partial charge >= 0.3 is 16.4 Å². The molecular weight excluding hydrogens is 275 g/mol. The van der Waals surface area contributed by atoms with Crippen LogP contribution in [0.5, 0.6) is 0 Å². The SMILES string of the molecule is CCOC(=O)C(OS(=O)(=O)OC)[PH](=O)OCC. The second-order valence-corrected chi connectivity index (χ2v) is 5.35. The summed E-state index contributed by atoms with van der Waals surface area (Å²) in [5.74, 6) is -2.91. The fourth-order valence-electron chi connectivity index (χ4n) is 0.768. The number of ether oxygens (including phenoxy) is 1. The fraction of sp³-hybridized carbons (Fsp3) is 0.857. The molecule has 0 rings (SSSR count). The minimum atomic E-state index is -4.40. The number of hydrogen-bond acceptors (Lipinski definition) is 8. The standard InChI is InChI=1S/C7H15O8PS/c1-4-13-6(8)7(16(9)14-5-2)15-17(10,11)12-3/h7,16H,4-5H2,1-3H3. The van der Waals surface area contributed by atoms with Crippen LogP contribution in [0.3, 0.4) is 0 Å². The van der Waals surface area contributed by atoms with Crippen LogP contribution in [0.25, 0.3) is 0 Å². The second kappa shape index (κ2) is 7.78. The van der Waals surface area contributed by atoms with Crippen molar-refractivity contribution in [3.63, 3.8) is 0 Å². The smallest absolute Gasteiger partial charge is 0.400 e. The van der Waals surface area contributed by atoms with Gasteiger partial charge in [-0.3, -0.25) is 8.75 Å². The molecule has 0 bridgehead atoms. The molecule has 0 amide bonds. The molecule has 0 spiro atoms. The van der Waals surface area contributed by atoms with E-state index in [0.717, 1.165) is 7.11 Å². The van der Waals surface area contributed by atoms with E-state index < -0.39 is 30.2 Å². The maximum Gasteiger partial charge on any atom is 0.400 e. The number of hydrogen-bond donors (Lipinski definition) is 0. The van der Waals surface area contributed by atoms with Gasteiger partial charge in [0.05, 0.1) is 20.3 Å². The summed E-state index contributed by atoms with van der Waals surface area (Å²) in [4.78, 5) is 11.3. The Morgan fingerprint density at radius 2 is 1.88 bits per heavy atom. The highest BCUT2D eigenvalue weighted by Gasteiger charge is 2.33. The number of carbonyl (C=O) groups excluding carboxylic acids is 1. The normalized spacial score (nSPS) is 15.2. The van der Waals surface area contributed by atoms with Crippen molar-refractivity contribution in [2.45, 2.75) is 19.7 Å². The van der Waals surface area contributed by atoms with Crippen LogP contribution in [0.1, 0.15) is 13.8 Å². The highest BCUT2D eigenvalue weighted by Crippen LogP contribution is 2.32. The van der Waals surface area contributed by atoms with Gasteiger partial charge in [-0.15, -0.1) is 0 Å². The van der Waals surface area contributed by atoms with Gasteiger partial charge in [0.1, 0.15) is 0 Å². The van der Waals surface area contributed by atoms with Crippen molar-refractivity contribution in [3.05, 3.63) is 0 Å². The molecule has 0 saturated carbocycles. The molecule has 10 heteroatoms. The molecule has 0 aromatic heterocycles. The molecule has 0 heterocycles. The number of esters is 1. The predicted molar refractivity (Wildman–Crippen MR) is 58.1 cm³/mol. The van der Waals surface area contributed by atoms with Crippen LogP contribution in [-0.4, -0.2) is 40.6 Å². The average Bonchev–Trinajstić information content (AvgIpc) is 2.26. The van der Waals surface area contributed by atoms with Crippen LogP contribution >= 0.6 is 8.03 Å². The molecule has 0 aliphatic rings. The van der Waals surface area contributed by atoms with Gasteiger partial charge < -0.3 is 9.26 Å². The van der Waals surface area contributed by atoms with E-state index in [1.165, 1.54) is 13.8 Å². The Bertz CT molecular complexity index is 346. The van der Waals surface area contributed by atoms with Crippen LogP contribution in [0.2, 0.25) is 0 Å². The highest BCUT2D eigenvalue weighted by atomic mass is 32.3. The van der Waals surface area contributed by atoms with Gasteiger partial charge in [0.15, 0.2) is 0 Å². The van der Waals surface area contributed by atoms with E-state index in [9.17, 15) is 17.8 Å². The van der Waals surface area contributed by atoms with Crippen LogP contribution < -0.4 is 0 Å². The molecule has 17 heavy (non-hydrogen) atoms. The van der Waals surface area contributed by atoms with Crippen molar-refractivity contribution in [1.29, 1.82) is 0 Å². The topological polar surface area (TPSA) is 105 Å². The maximum absolute atomic E-state index is 11.5. The van der Waals surface area contributed by atoms with Gasteiger partial charge in [-0.25, -0.2) is 8.98 Å². The molecule has 2 unspecified atom stereocenters. The Balaban J connectivity index is 4.86. The third-order valence-corrected chi connectivity index (χ3v) is 3.78. The van der Waals surface area contributed by atoms with E-state index in [4.69, 9.17) is 0 Å². The van der Waals surface area contributed by atoms with Gasteiger partial charge in [0, 0.05) is 0 Å². The third-order valence-electron chi connectivity index (χ3n) is 1.42. The first-order chi connectivity index (χ1) is 7.87. The Hall–Kier alpha value is -0.470. The lowest BCUT2D eigenvalue weighted by Crippen LogP contribution is -2.27. The van der Waals surface area contributed by atoms with Gasteiger partial charge in [0.25, 0.3) is 0 Å². The minimum absolute atomic E-state index is 0.00695. The Morgan fingerprint density at radius 3 is 2.29 bits per heavy atom. The predicted octanol–water partition coefficient (Wildman–Crippen LogP) is 0.295. The van der Waals surface area contributed by atoms with Crippen molar-refractivity contribution in [2.24, 2.45) is 0 Å². The summed E-state index contributed by atoms with van der Waals surface area (Å²) in [5, 5.41) is 0. The first-order valence-corrected chi connectivity index (χ1v) is 7.42. The quantitative estimate of drug-likeness (QED) is 0.464. The van der Waals surface area contributed by atoms with E-state index in [1.54, 1.807) is 0 Å². The molecule has 102 valence electrons. The molecule has 8 nitrogen and oxygen atoms in total. The Kier molecular flexibility index (Phi) is 7.56. The van der Waals surface area contributed by atoms with Crippen LogP contribution in [0, 0.1) is 0 Å². The lowest BCUT2D eigenvalue weighted by atomic mass is 10.7. The summed E-state index contributed by atoms with van der Waals surface area (Å²) in [5.41, 5.74) is 0. The van der Waals surface area contributed by atoms with Crippen molar-refractivity contribution < 1.29 is 35.4 Å². The fourth-order valence-corrected chi connectivity index (χ4v) is 2.54. The highest BCUT2D eigenvalue weighted by molar-refractivity contribution is 7.82. The van der Waals surface area contributed by atoms with Crippen LogP contribution in [0.15, 0.2) is 0 Å². The molecule has 0 aliphatic heterocycles. The molecular formula is C7H15O8PS. The number of carbonyl (C=O) groups is 1. The zero-order chi connectivity index (χ0) is 13.5. The Morgan fingerprint density at radius 1 is 1.29 bits per heavy atom. The van der Waals surface area contributed by atoms with E-state index in [-0.39, 0.29) is 13.2 Å². The van der Waals surface area contributed by atoms with E-state index in [1.807, 2.05) is 0 Å². The van der Waals surface area contributed by atoms with Crippen molar-refractivity contribution in [3.8, 4) is 0 Å². The number of rotatable bonds is 8. The zero-order valence-electron chi connectivity index (χ0n) is 9.67. The van der Waals surface area contributed by atoms with Gasteiger partial charge in [-0.1, -0.05) is 0 Å². The molecule has 0 aliphatic carbocycles. The minimum Gasteiger partial charge on any atom is -0.464 e. The summed E-state index contributed by atoms with van der Waals surface area (Å²) in [6.07, 6.45) is 0. The first-order valence-electron chi connectivity index (χ1n) is 4.70. The first kappa shape index (κ1) is 16.5. The summed E-state index contributed by atoms with van der Waals surface area (Å²) >= 11 is 0. The molecule has 0 fully saturated rings. The van der Waals surface area contributed by atoms with Crippen molar-refractivity contribution >= 4 is 24.4 Å². The summed E-state index contributed by atoms with van der Waals surface area (Å²) < 4.78 is 50.9. The zero-order valence-corrected chi connectivity index (χ0v) is 11.5. The monoisotopic (exact) mass is 290 g/mol. The Labute approximate surface area is 100 Å². The molecule has 2 atom stereocenters. The molecule has 0 saturated heterocycles. The van der Waals surface area contributed by atoms with E-state index in [0.29, 0.717) is 0 Å². The molecule has 0 aromatic rings. The van der Waals surface area contributed by atoms with Gasteiger partial charge in [0.2, 0.25) is 13.9 Å². The summed E-state index contributed by atoms with van der Waals surface area (Å²) in [6.45, 7) is 3.09. The largest absolute Gasteiger partial charge is 0.464 e.